The van der Waals surface area contributed by atoms with Crippen LogP contribution in [0, 0.1) is 5.92 Å². The molecule has 0 amide bonds. The monoisotopic (exact) mass is 316 g/mol. The van der Waals surface area contributed by atoms with E-state index in [1.165, 1.54) is 5.52 Å². The molecule has 0 bridgehead atoms. The predicted molar refractivity (Wildman–Crippen MR) is 94.9 cm³/mol. The van der Waals surface area contributed by atoms with Gasteiger partial charge in [-0.05, 0) is 31.0 Å². The van der Waals surface area contributed by atoms with Gasteiger partial charge in [-0.25, -0.2) is 4.98 Å². The first-order valence-corrected chi connectivity index (χ1v) is 8.73. The molecule has 1 aliphatic rings. The fourth-order valence-electron chi connectivity index (χ4n) is 3.09. The van der Waals surface area contributed by atoms with Crippen molar-refractivity contribution in [3.05, 3.63) is 24.3 Å². The fraction of sp³-hybridized carbons (Fsp3) is 0.611. The maximum Gasteiger partial charge on any atom is 0.203 e. The average Bonchev–Trinajstić information content (AvgIpc) is 2.90. The standard InChI is InChI=1S/C18H28N4O/c1-15(2)14-22-17-7-4-3-6-16(17)20-18(22)19-8-5-9-21-10-12-23-13-11-21/h3-4,6-7,15H,5,8-14H2,1-2H3,(H,19,20). The number of para-hydroxylation sites is 2. The van der Waals surface area contributed by atoms with Gasteiger partial charge in [-0.2, -0.15) is 0 Å². The van der Waals surface area contributed by atoms with Gasteiger partial charge in [0.05, 0.1) is 24.2 Å². The molecule has 0 saturated carbocycles. The fourth-order valence-corrected chi connectivity index (χ4v) is 3.09. The lowest BCUT2D eigenvalue weighted by Gasteiger charge is -2.26. The number of hydrogen-bond donors (Lipinski definition) is 1. The van der Waals surface area contributed by atoms with Crippen molar-refractivity contribution in [2.75, 3.05) is 44.7 Å². The molecule has 1 N–H and O–H groups in total. The number of imidazole rings is 1. The largest absolute Gasteiger partial charge is 0.379 e. The van der Waals surface area contributed by atoms with E-state index < -0.39 is 0 Å². The molecule has 0 aliphatic carbocycles. The van der Waals surface area contributed by atoms with Gasteiger partial charge in [0.2, 0.25) is 5.95 Å². The van der Waals surface area contributed by atoms with Crippen LogP contribution in [0.4, 0.5) is 5.95 Å². The molecule has 3 rings (SSSR count). The number of benzene rings is 1. The summed E-state index contributed by atoms with van der Waals surface area (Å²) < 4.78 is 7.71. The second kappa shape index (κ2) is 7.79. The van der Waals surface area contributed by atoms with Crippen LogP contribution in [0.25, 0.3) is 11.0 Å². The molecule has 1 fully saturated rings. The van der Waals surface area contributed by atoms with E-state index in [1.807, 2.05) is 0 Å². The number of morpholine rings is 1. The third kappa shape index (κ3) is 4.24. The van der Waals surface area contributed by atoms with Crippen LogP contribution in [0.1, 0.15) is 20.3 Å². The lowest BCUT2D eigenvalue weighted by Crippen LogP contribution is -2.37. The van der Waals surface area contributed by atoms with E-state index in [0.29, 0.717) is 5.92 Å². The predicted octanol–water partition coefficient (Wildman–Crippen LogP) is 2.83. The Bertz CT molecular complexity index is 617. The van der Waals surface area contributed by atoms with Crippen molar-refractivity contribution in [1.29, 1.82) is 0 Å². The molecule has 0 radical (unpaired) electrons. The minimum Gasteiger partial charge on any atom is -0.379 e. The maximum absolute atomic E-state index is 5.39. The first kappa shape index (κ1) is 16.3. The molecule has 1 saturated heterocycles. The van der Waals surface area contributed by atoms with E-state index >= 15 is 0 Å². The maximum atomic E-state index is 5.39. The molecular weight excluding hydrogens is 288 g/mol. The molecule has 1 aromatic heterocycles. The first-order valence-electron chi connectivity index (χ1n) is 8.73. The van der Waals surface area contributed by atoms with Crippen LogP contribution in [-0.4, -0.2) is 53.8 Å². The summed E-state index contributed by atoms with van der Waals surface area (Å²) in [6.45, 7) is 11.4. The third-order valence-electron chi connectivity index (χ3n) is 4.24. The van der Waals surface area contributed by atoms with Crippen LogP contribution in [0.15, 0.2) is 24.3 Å². The number of hydrogen-bond acceptors (Lipinski definition) is 4. The zero-order valence-electron chi connectivity index (χ0n) is 14.3. The summed E-state index contributed by atoms with van der Waals surface area (Å²) in [5, 5.41) is 3.54. The summed E-state index contributed by atoms with van der Waals surface area (Å²) in [7, 11) is 0. The lowest BCUT2D eigenvalue weighted by molar-refractivity contribution is 0.0378. The molecule has 23 heavy (non-hydrogen) atoms. The van der Waals surface area contributed by atoms with Gasteiger partial charge in [0, 0.05) is 26.2 Å². The van der Waals surface area contributed by atoms with E-state index in [9.17, 15) is 0 Å². The van der Waals surface area contributed by atoms with Crippen molar-refractivity contribution in [2.45, 2.75) is 26.8 Å². The number of anilines is 1. The zero-order chi connectivity index (χ0) is 16.1. The van der Waals surface area contributed by atoms with Crippen LogP contribution in [0.5, 0.6) is 0 Å². The van der Waals surface area contributed by atoms with Crippen LogP contribution >= 0.6 is 0 Å². The Morgan fingerprint density at radius 1 is 1.22 bits per heavy atom. The Morgan fingerprint density at radius 3 is 2.78 bits per heavy atom. The minimum atomic E-state index is 0.599. The molecule has 0 spiro atoms. The topological polar surface area (TPSA) is 42.3 Å². The molecule has 1 aliphatic heterocycles. The van der Waals surface area contributed by atoms with Gasteiger partial charge in [0.25, 0.3) is 0 Å². The second-order valence-electron chi connectivity index (χ2n) is 6.66. The number of nitrogens with zero attached hydrogens (tertiary/aromatic N) is 3. The van der Waals surface area contributed by atoms with Crippen molar-refractivity contribution in [2.24, 2.45) is 5.92 Å². The van der Waals surface area contributed by atoms with Crippen molar-refractivity contribution >= 4 is 17.0 Å². The molecule has 2 aromatic rings. The molecular formula is C18H28N4O. The number of ether oxygens (including phenoxy) is 1. The summed E-state index contributed by atoms with van der Waals surface area (Å²) >= 11 is 0. The van der Waals surface area contributed by atoms with Gasteiger partial charge < -0.3 is 14.6 Å². The Hall–Kier alpha value is -1.59. The van der Waals surface area contributed by atoms with Crippen molar-refractivity contribution in [3.63, 3.8) is 0 Å². The summed E-state index contributed by atoms with van der Waals surface area (Å²) in [4.78, 5) is 7.24. The molecule has 5 heteroatoms. The van der Waals surface area contributed by atoms with E-state index in [1.54, 1.807) is 0 Å². The van der Waals surface area contributed by atoms with Crippen molar-refractivity contribution < 1.29 is 4.74 Å². The van der Waals surface area contributed by atoms with E-state index in [4.69, 9.17) is 9.72 Å². The van der Waals surface area contributed by atoms with E-state index in [0.717, 1.165) is 63.8 Å². The SMILES string of the molecule is CC(C)Cn1c(NCCCN2CCOCC2)nc2ccccc21. The lowest BCUT2D eigenvalue weighted by atomic mass is 10.2. The average molecular weight is 316 g/mol. The van der Waals surface area contributed by atoms with Gasteiger partial charge in [0.1, 0.15) is 0 Å². The highest BCUT2D eigenvalue weighted by Crippen LogP contribution is 2.21. The Morgan fingerprint density at radius 2 is 2.00 bits per heavy atom. The quantitative estimate of drug-likeness (QED) is 0.798. The van der Waals surface area contributed by atoms with Crippen molar-refractivity contribution in [1.82, 2.24) is 14.5 Å². The van der Waals surface area contributed by atoms with Crippen LogP contribution in [-0.2, 0) is 11.3 Å². The summed E-state index contributed by atoms with van der Waals surface area (Å²) in [6, 6.07) is 8.38. The number of fused-ring (bicyclic) bond motifs is 1. The molecule has 2 heterocycles. The van der Waals surface area contributed by atoms with Gasteiger partial charge in [-0.15, -0.1) is 0 Å². The normalized spacial score (nSPS) is 16.3. The Kier molecular flexibility index (Phi) is 5.51. The molecule has 0 unspecified atom stereocenters. The smallest absolute Gasteiger partial charge is 0.203 e. The third-order valence-corrected chi connectivity index (χ3v) is 4.24. The van der Waals surface area contributed by atoms with Gasteiger partial charge >= 0.3 is 0 Å². The van der Waals surface area contributed by atoms with Crippen LogP contribution in [0.2, 0.25) is 0 Å². The van der Waals surface area contributed by atoms with Crippen LogP contribution in [0.3, 0.4) is 0 Å². The summed E-state index contributed by atoms with van der Waals surface area (Å²) in [5.41, 5.74) is 2.29. The highest BCUT2D eigenvalue weighted by Gasteiger charge is 2.12. The highest BCUT2D eigenvalue weighted by molar-refractivity contribution is 5.78. The second-order valence-corrected chi connectivity index (χ2v) is 6.66. The molecule has 126 valence electrons. The summed E-state index contributed by atoms with van der Waals surface area (Å²) in [6.07, 6.45) is 1.13. The summed E-state index contributed by atoms with van der Waals surface area (Å²) in [5.74, 6) is 1.60. The molecule has 1 aromatic carbocycles. The Labute approximate surface area is 138 Å². The minimum absolute atomic E-state index is 0.599. The number of rotatable bonds is 7. The molecule has 0 atom stereocenters. The molecule has 5 nitrogen and oxygen atoms in total. The Balaban J connectivity index is 1.60. The van der Waals surface area contributed by atoms with Crippen molar-refractivity contribution in [3.8, 4) is 0 Å². The number of aromatic nitrogens is 2. The first-order chi connectivity index (χ1) is 11.2. The zero-order valence-corrected chi connectivity index (χ0v) is 14.3. The van der Waals surface area contributed by atoms with Crippen LogP contribution < -0.4 is 5.32 Å². The van der Waals surface area contributed by atoms with Gasteiger partial charge in [-0.3, -0.25) is 4.90 Å². The van der Waals surface area contributed by atoms with Gasteiger partial charge in [-0.1, -0.05) is 26.0 Å². The highest BCUT2D eigenvalue weighted by atomic mass is 16.5. The van der Waals surface area contributed by atoms with E-state index in [-0.39, 0.29) is 0 Å². The number of nitrogens with one attached hydrogen (secondary N) is 1. The van der Waals surface area contributed by atoms with E-state index in [2.05, 4.69) is 52.9 Å². The van der Waals surface area contributed by atoms with Gasteiger partial charge in [0.15, 0.2) is 0 Å².